The number of nitrogen functional groups attached to an aromatic ring is 1. The average molecular weight is 333 g/mol. The van der Waals surface area contributed by atoms with E-state index in [0.29, 0.717) is 12.1 Å². The number of halogens is 1. The summed E-state index contributed by atoms with van der Waals surface area (Å²) in [6.45, 7) is 4.39. The largest absolute Gasteiger partial charge is 0.399 e. The predicted molar refractivity (Wildman–Crippen MR) is 85.6 cm³/mol. The third-order valence-corrected chi connectivity index (χ3v) is 4.42. The fourth-order valence-corrected chi connectivity index (χ4v) is 2.43. The zero-order valence-electron chi connectivity index (χ0n) is 11.5. The van der Waals surface area contributed by atoms with Crippen LogP contribution in [0, 0.1) is 13.8 Å². The molecule has 0 fully saturated rings. The van der Waals surface area contributed by atoms with Gasteiger partial charge in [-0.2, -0.15) is 0 Å². The van der Waals surface area contributed by atoms with Gasteiger partial charge in [0, 0.05) is 16.7 Å². The molecule has 0 atom stereocenters. The monoisotopic (exact) mass is 332 g/mol. The minimum Gasteiger partial charge on any atom is -0.399 e. The summed E-state index contributed by atoms with van der Waals surface area (Å²) >= 11 is 3.45. The molecule has 20 heavy (non-hydrogen) atoms. The van der Waals surface area contributed by atoms with Crippen LogP contribution < -0.4 is 11.1 Å². The van der Waals surface area contributed by atoms with E-state index in [0.717, 1.165) is 26.9 Å². The van der Waals surface area contributed by atoms with Crippen molar-refractivity contribution in [3.63, 3.8) is 0 Å². The lowest BCUT2D eigenvalue weighted by molar-refractivity contribution is 0.0950. The van der Waals surface area contributed by atoms with E-state index in [9.17, 15) is 4.79 Å². The van der Waals surface area contributed by atoms with Gasteiger partial charge in [-0.1, -0.05) is 24.3 Å². The van der Waals surface area contributed by atoms with Crippen LogP contribution in [-0.2, 0) is 6.54 Å². The normalized spacial score (nSPS) is 10.3. The Bertz CT molecular complexity index is 653. The molecule has 0 unspecified atom stereocenters. The first-order chi connectivity index (χ1) is 9.50. The standard InChI is InChI=1S/C16H17BrN2O/c1-10-5-3-7-13(15(10)17)16(20)19-9-12-6-4-8-14(18)11(12)2/h3-8H,9,18H2,1-2H3,(H,19,20). The second kappa shape index (κ2) is 6.09. The number of rotatable bonds is 3. The molecule has 3 N–H and O–H groups in total. The molecule has 2 rings (SSSR count). The second-order valence-corrected chi connectivity index (χ2v) is 5.54. The number of benzene rings is 2. The van der Waals surface area contributed by atoms with E-state index in [2.05, 4.69) is 21.2 Å². The molecule has 1 amide bonds. The lowest BCUT2D eigenvalue weighted by atomic mass is 10.1. The summed E-state index contributed by atoms with van der Waals surface area (Å²) in [6.07, 6.45) is 0. The summed E-state index contributed by atoms with van der Waals surface area (Å²) in [5.41, 5.74) is 10.3. The number of nitrogens with two attached hydrogens (primary N) is 1. The highest BCUT2D eigenvalue weighted by atomic mass is 79.9. The zero-order valence-corrected chi connectivity index (χ0v) is 13.1. The maximum Gasteiger partial charge on any atom is 0.252 e. The van der Waals surface area contributed by atoms with Gasteiger partial charge in [-0.3, -0.25) is 4.79 Å². The van der Waals surface area contributed by atoms with Crippen LogP contribution in [0.5, 0.6) is 0 Å². The van der Waals surface area contributed by atoms with Crippen LogP contribution in [0.3, 0.4) is 0 Å². The van der Waals surface area contributed by atoms with Gasteiger partial charge in [-0.05, 0) is 58.6 Å². The summed E-state index contributed by atoms with van der Waals surface area (Å²) < 4.78 is 0.835. The molecule has 0 aliphatic carbocycles. The molecule has 0 saturated heterocycles. The number of amides is 1. The number of hydrogen-bond acceptors (Lipinski definition) is 2. The number of carbonyl (C=O) groups is 1. The molecule has 104 valence electrons. The van der Waals surface area contributed by atoms with E-state index in [1.807, 2.05) is 44.2 Å². The van der Waals surface area contributed by atoms with Crippen LogP contribution in [0.25, 0.3) is 0 Å². The molecular formula is C16H17BrN2O. The van der Waals surface area contributed by atoms with E-state index in [1.165, 1.54) is 0 Å². The first-order valence-electron chi connectivity index (χ1n) is 6.38. The molecule has 2 aromatic rings. The van der Waals surface area contributed by atoms with Gasteiger partial charge in [-0.15, -0.1) is 0 Å². The van der Waals surface area contributed by atoms with E-state index in [4.69, 9.17) is 5.73 Å². The van der Waals surface area contributed by atoms with E-state index in [1.54, 1.807) is 6.07 Å². The van der Waals surface area contributed by atoms with Crippen molar-refractivity contribution in [1.82, 2.24) is 5.32 Å². The van der Waals surface area contributed by atoms with Gasteiger partial charge in [0.25, 0.3) is 5.91 Å². The number of carbonyl (C=O) groups excluding carboxylic acids is 1. The van der Waals surface area contributed by atoms with Crippen molar-refractivity contribution < 1.29 is 4.79 Å². The summed E-state index contributed by atoms with van der Waals surface area (Å²) in [4.78, 5) is 12.2. The molecule has 0 bridgehead atoms. The van der Waals surface area contributed by atoms with E-state index in [-0.39, 0.29) is 5.91 Å². The van der Waals surface area contributed by atoms with Crippen molar-refractivity contribution in [3.8, 4) is 0 Å². The van der Waals surface area contributed by atoms with Crippen molar-refractivity contribution in [2.45, 2.75) is 20.4 Å². The Balaban J connectivity index is 2.13. The Kier molecular flexibility index (Phi) is 4.45. The van der Waals surface area contributed by atoms with Gasteiger partial charge in [-0.25, -0.2) is 0 Å². The first-order valence-corrected chi connectivity index (χ1v) is 7.17. The zero-order chi connectivity index (χ0) is 14.7. The molecule has 0 spiro atoms. The summed E-state index contributed by atoms with van der Waals surface area (Å²) in [5, 5.41) is 2.93. The van der Waals surface area contributed by atoms with Crippen molar-refractivity contribution in [2.75, 3.05) is 5.73 Å². The molecule has 4 heteroatoms. The van der Waals surface area contributed by atoms with Crippen LogP contribution in [0.1, 0.15) is 27.0 Å². The highest BCUT2D eigenvalue weighted by Crippen LogP contribution is 2.21. The molecule has 0 aliphatic rings. The maximum atomic E-state index is 12.2. The molecule has 3 nitrogen and oxygen atoms in total. The minimum absolute atomic E-state index is 0.0950. The predicted octanol–water partition coefficient (Wildman–Crippen LogP) is 3.58. The average Bonchev–Trinajstić information content (AvgIpc) is 2.43. The Morgan fingerprint density at radius 3 is 2.65 bits per heavy atom. The topological polar surface area (TPSA) is 55.1 Å². The third-order valence-electron chi connectivity index (χ3n) is 3.36. The van der Waals surface area contributed by atoms with Gasteiger partial charge in [0.1, 0.15) is 0 Å². The van der Waals surface area contributed by atoms with Gasteiger partial charge < -0.3 is 11.1 Å². The third kappa shape index (κ3) is 3.02. The quantitative estimate of drug-likeness (QED) is 0.844. The Hall–Kier alpha value is -1.81. The fraction of sp³-hybridized carbons (Fsp3) is 0.188. The van der Waals surface area contributed by atoms with Crippen LogP contribution in [0.15, 0.2) is 40.9 Å². The first kappa shape index (κ1) is 14.6. The molecule has 0 aliphatic heterocycles. The van der Waals surface area contributed by atoms with E-state index >= 15 is 0 Å². The van der Waals surface area contributed by atoms with Gasteiger partial charge in [0.15, 0.2) is 0 Å². The highest BCUT2D eigenvalue weighted by molar-refractivity contribution is 9.10. The van der Waals surface area contributed by atoms with Crippen molar-refractivity contribution in [1.29, 1.82) is 0 Å². The highest BCUT2D eigenvalue weighted by Gasteiger charge is 2.11. The van der Waals surface area contributed by atoms with Crippen LogP contribution in [0.2, 0.25) is 0 Å². The Morgan fingerprint density at radius 1 is 1.20 bits per heavy atom. The van der Waals surface area contributed by atoms with Gasteiger partial charge in [0.2, 0.25) is 0 Å². The molecule has 0 radical (unpaired) electrons. The van der Waals surface area contributed by atoms with Crippen molar-refractivity contribution in [2.24, 2.45) is 0 Å². The van der Waals surface area contributed by atoms with Crippen LogP contribution in [-0.4, -0.2) is 5.91 Å². The molecule has 2 aromatic carbocycles. The van der Waals surface area contributed by atoms with Crippen LogP contribution >= 0.6 is 15.9 Å². The number of nitrogens with one attached hydrogen (secondary N) is 1. The maximum absolute atomic E-state index is 12.2. The van der Waals surface area contributed by atoms with E-state index < -0.39 is 0 Å². The Labute approximate surface area is 127 Å². The van der Waals surface area contributed by atoms with Gasteiger partial charge >= 0.3 is 0 Å². The summed E-state index contributed by atoms with van der Waals surface area (Å²) in [6, 6.07) is 11.4. The van der Waals surface area contributed by atoms with Crippen LogP contribution in [0.4, 0.5) is 5.69 Å². The van der Waals surface area contributed by atoms with Crippen molar-refractivity contribution >= 4 is 27.5 Å². The molecule has 0 heterocycles. The smallest absolute Gasteiger partial charge is 0.252 e. The lowest BCUT2D eigenvalue weighted by Gasteiger charge is -2.11. The molecule has 0 aromatic heterocycles. The number of aryl methyl sites for hydroxylation is 1. The second-order valence-electron chi connectivity index (χ2n) is 4.75. The summed E-state index contributed by atoms with van der Waals surface area (Å²) in [5.74, 6) is -0.0950. The summed E-state index contributed by atoms with van der Waals surface area (Å²) in [7, 11) is 0. The molecular weight excluding hydrogens is 316 g/mol. The number of hydrogen-bond donors (Lipinski definition) is 2. The van der Waals surface area contributed by atoms with Crippen molar-refractivity contribution in [3.05, 3.63) is 63.1 Å². The minimum atomic E-state index is -0.0950. The fourth-order valence-electron chi connectivity index (χ4n) is 1.99. The molecule has 0 saturated carbocycles. The SMILES string of the molecule is Cc1cccc(C(=O)NCc2cccc(N)c2C)c1Br. The number of anilines is 1. The van der Waals surface area contributed by atoms with Gasteiger partial charge in [0.05, 0.1) is 5.56 Å². The Morgan fingerprint density at radius 2 is 1.90 bits per heavy atom. The lowest BCUT2D eigenvalue weighted by Crippen LogP contribution is -2.23.